The maximum Gasteiger partial charge on any atom is 0.243 e. The number of hydrogen-bond donors (Lipinski definition) is 1. The molecule has 1 aromatic carbocycles. The number of nitriles is 1. The van der Waals surface area contributed by atoms with Crippen LogP contribution in [-0.4, -0.2) is 33.9 Å². The number of benzene rings is 1. The number of hydrogen-bond acceptors (Lipinski definition) is 5. The molecule has 0 aliphatic carbocycles. The van der Waals surface area contributed by atoms with Crippen LogP contribution >= 0.6 is 0 Å². The minimum Gasteiger partial charge on any atom is -0.485 e. The van der Waals surface area contributed by atoms with Crippen molar-refractivity contribution in [3.63, 3.8) is 0 Å². The number of rotatable bonds is 1. The largest absolute Gasteiger partial charge is 0.485 e. The number of aliphatic hydroxyl groups excluding tert-OH is 1. The molecule has 1 amide bonds. The minimum absolute atomic E-state index is 0.141. The number of hydrazone groups is 1. The van der Waals surface area contributed by atoms with Crippen LogP contribution in [0.15, 0.2) is 23.3 Å². The van der Waals surface area contributed by atoms with E-state index in [4.69, 9.17) is 10.00 Å². The monoisotopic (exact) mass is 299 g/mol. The van der Waals surface area contributed by atoms with E-state index in [-0.39, 0.29) is 5.91 Å². The summed E-state index contributed by atoms with van der Waals surface area (Å²) in [4.78, 5) is 12.2. The third-order valence-electron chi connectivity index (χ3n) is 4.05. The summed E-state index contributed by atoms with van der Waals surface area (Å²) in [6.07, 6.45) is 1.68. The van der Waals surface area contributed by atoms with Crippen molar-refractivity contribution in [3.05, 3.63) is 29.3 Å². The van der Waals surface area contributed by atoms with Crippen molar-refractivity contribution in [3.8, 4) is 11.8 Å². The SMILES string of the molecule is CC1(C)Oc2ccc(C#N)cc2C(N2N=CCCC2=O)[C@@H]1O. The fraction of sp³-hybridized carbons (Fsp3) is 0.438. The van der Waals surface area contributed by atoms with E-state index in [1.807, 2.05) is 0 Å². The molecule has 0 saturated carbocycles. The second-order valence-corrected chi connectivity index (χ2v) is 6.03. The average molecular weight is 299 g/mol. The Balaban J connectivity index is 2.15. The molecule has 6 heteroatoms. The summed E-state index contributed by atoms with van der Waals surface area (Å²) in [5.41, 5.74) is 0.199. The van der Waals surface area contributed by atoms with Crippen LogP contribution < -0.4 is 4.74 Å². The Bertz CT molecular complexity index is 690. The van der Waals surface area contributed by atoms with Crippen molar-refractivity contribution in [2.24, 2.45) is 5.10 Å². The van der Waals surface area contributed by atoms with Gasteiger partial charge in [-0.2, -0.15) is 10.4 Å². The molecular formula is C16H17N3O3. The highest BCUT2D eigenvalue weighted by Gasteiger charge is 2.47. The summed E-state index contributed by atoms with van der Waals surface area (Å²) in [7, 11) is 0. The van der Waals surface area contributed by atoms with E-state index in [0.29, 0.717) is 29.7 Å². The van der Waals surface area contributed by atoms with Gasteiger partial charge in [0.1, 0.15) is 23.5 Å². The van der Waals surface area contributed by atoms with Gasteiger partial charge in [-0.15, -0.1) is 0 Å². The zero-order chi connectivity index (χ0) is 15.9. The third-order valence-corrected chi connectivity index (χ3v) is 4.05. The second-order valence-electron chi connectivity index (χ2n) is 6.03. The lowest BCUT2D eigenvalue weighted by Gasteiger charge is -2.45. The van der Waals surface area contributed by atoms with Crippen molar-refractivity contribution >= 4 is 12.1 Å². The third kappa shape index (κ3) is 2.24. The van der Waals surface area contributed by atoms with Gasteiger partial charge in [-0.1, -0.05) is 0 Å². The predicted molar refractivity (Wildman–Crippen MR) is 79.2 cm³/mol. The van der Waals surface area contributed by atoms with Gasteiger partial charge in [0.05, 0.1) is 11.6 Å². The number of amides is 1. The van der Waals surface area contributed by atoms with Gasteiger partial charge in [0.15, 0.2) is 0 Å². The fourth-order valence-corrected chi connectivity index (χ4v) is 2.84. The molecule has 2 aliphatic heterocycles. The molecule has 1 aromatic rings. The molecule has 6 nitrogen and oxygen atoms in total. The molecule has 0 fully saturated rings. The van der Waals surface area contributed by atoms with Gasteiger partial charge < -0.3 is 9.84 Å². The van der Waals surface area contributed by atoms with E-state index >= 15 is 0 Å². The average Bonchev–Trinajstić information content (AvgIpc) is 2.49. The van der Waals surface area contributed by atoms with Gasteiger partial charge in [0.25, 0.3) is 0 Å². The summed E-state index contributed by atoms with van der Waals surface area (Å²) in [5.74, 6) is 0.422. The summed E-state index contributed by atoms with van der Waals surface area (Å²) in [6, 6.07) is 6.42. The highest BCUT2D eigenvalue weighted by molar-refractivity contribution is 5.82. The van der Waals surface area contributed by atoms with Crippen molar-refractivity contribution in [1.82, 2.24) is 5.01 Å². The Morgan fingerprint density at radius 1 is 1.50 bits per heavy atom. The number of carbonyl (C=O) groups is 1. The van der Waals surface area contributed by atoms with Crippen LogP contribution in [0.4, 0.5) is 0 Å². The van der Waals surface area contributed by atoms with Crippen LogP contribution in [-0.2, 0) is 4.79 Å². The minimum atomic E-state index is -0.951. The van der Waals surface area contributed by atoms with Gasteiger partial charge in [0.2, 0.25) is 5.91 Å². The van der Waals surface area contributed by atoms with Gasteiger partial charge in [-0.3, -0.25) is 4.79 Å². The summed E-state index contributed by atoms with van der Waals surface area (Å²) in [6.45, 7) is 3.54. The molecular weight excluding hydrogens is 282 g/mol. The number of aliphatic hydroxyl groups is 1. The first kappa shape index (κ1) is 14.5. The molecule has 3 rings (SSSR count). The molecule has 2 heterocycles. The molecule has 0 saturated heterocycles. The van der Waals surface area contributed by atoms with Crippen LogP contribution in [0.1, 0.15) is 43.9 Å². The smallest absolute Gasteiger partial charge is 0.243 e. The Morgan fingerprint density at radius 2 is 2.27 bits per heavy atom. The molecule has 0 aromatic heterocycles. The van der Waals surface area contributed by atoms with Crippen LogP contribution in [0.2, 0.25) is 0 Å². The van der Waals surface area contributed by atoms with Crippen molar-refractivity contribution in [2.45, 2.75) is 44.4 Å². The quantitative estimate of drug-likeness (QED) is 0.855. The van der Waals surface area contributed by atoms with E-state index < -0.39 is 17.7 Å². The lowest BCUT2D eigenvalue weighted by atomic mass is 9.85. The van der Waals surface area contributed by atoms with Crippen LogP contribution in [0.25, 0.3) is 0 Å². The normalized spacial score (nSPS) is 26.1. The lowest BCUT2D eigenvalue weighted by molar-refractivity contribution is -0.145. The maximum atomic E-state index is 12.2. The second kappa shape index (κ2) is 5.11. The van der Waals surface area contributed by atoms with Crippen molar-refractivity contribution in [1.29, 1.82) is 5.26 Å². The first-order valence-electron chi connectivity index (χ1n) is 7.19. The molecule has 1 unspecified atom stereocenters. The van der Waals surface area contributed by atoms with Gasteiger partial charge in [-0.25, -0.2) is 5.01 Å². The van der Waals surface area contributed by atoms with Crippen LogP contribution in [0.5, 0.6) is 5.75 Å². The Kier molecular flexibility index (Phi) is 3.38. The van der Waals surface area contributed by atoms with E-state index in [9.17, 15) is 9.90 Å². The van der Waals surface area contributed by atoms with Gasteiger partial charge in [-0.05, 0) is 38.5 Å². The molecule has 2 aliphatic rings. The first-order valence-corrected chi connectivity index (χ1v) is 7.19. The van der Waals surface area contributed by atoms with Crippen molar-refractivity contribution < 1.29 is 14.6 Å². The van der Waals surface area contributed by atoms with Crippen molar-refractivity contribution in [2.75, 3.05) is 0 Å². The van der Waals surface area contributed by atoms with E-state index in [2.05, 4.69) is 11.2 Å². The highest BCUT2D eigenvalue weighted by atomic mass is 16.5. The van der Waals surface area contributed by atoms with Gasteiger partial charge in [0, 0.05) is 18.2 Å². The van der Waals surface area contributed by atoms with Crippen LogP contribution in [0, 0.1) is 11.3 Å². The Labute approximate surface area is 128 Å². The first-order chi connectivity index (χ1) is 10.4. The Hall–Kier alpha value is -2.39. The Morgan fingerprint density at radius 3 is 2.95 bits per heavy atom. The number of carbonyl (C=O) groups excluding carboxylic acids is 1. The topological polar surface area (TPSA) is 85.9 Å². The number of ether oxygens (including phenoxy) is 1. The number of fused-ring (bicyclic) bond motifs is 1. The maximum absolute atomic E-state index is 12.2. The molecule has 22 heavy (non-hydrogen) atoms. The molecule has 2 atom stereocenters. The van der Waals surface area contributed by atoms with E-state index in [0.717, 1.165) is 0 Å². The zero-order valence-electron chi connectivity index (χ0n) is 12.5. The predicted octanol–water partition coefficient (Wildman–Crippen LogP) is 1.74. The lowest BCUT2D eigenvalue weighted by Crippen LogP contribution is -2.54. The number of nitrogens with zero attached hydrogens (tertiary/aromatic N) is 3. The highest BCUT2D eigenvalue weighted by Crippen LogP contribution is 2.43. The summed E-state index contributed by atoms with van der Waals surface area (Å²) in [5, 5.41) is 25.3. The molecule has 1 N–H and O–H groups in total. The fourth-order valence-electron chi connectivity index (χ4n) is 2.84. The van der Waals surface area contributed by atoms with Gasteiger partial charge >= 0.3 is 0 Å². The summed E-state index contributed by atoms with van der Waals surface area (Å²) < 4.78 is 5.84. The van der Waals surface area contributed by atoms with E-state index in [1.165, 1.54) is 5.01 Å². The standard InChI is InChI=1S/C16H17N3O3/c1-16(2)15(21)14(19-13(20)4-3-7-18-19)11-8-10(9-17)5-6-12(11)22-16/h5-8,14-15,21H,3-4H2,1-2H3/t14?,15-/m0/s1. The van der Waals surface area contributed by atoms with E-state index in [1.54, 1.807) is 38.3 Å². The molecule has 0 bridgehead atoms. The van der Waals surface area contributed by atoms with Crippen LogP contribution in [0.3, 0.4) is 0 Å². The zero-order valence-corrected chi connectivity index (χ0v) is 12.5. The molecule has 0 spiro atoms. The summed E-state index contributed by atoms with van der Waals surface area (Å²) >= 11 is 0. The molecule has 0 radical (unpaired) electrons. The molecule has 114 valence electrons.